The molecular formula is C21H23NO7. The topological polar surface area (TPSA) is 106 Å². The van der Waals surface area contributed by atoms with E-state index >= 15 is 0 Å². The minimum Gasteiger partial charge on any atom is -0.504 e. The van der Waals surface area contributed by atoms with Crippen LogP contribution in [0.3, 0.4) is 0 Å². The second kappa shape index (κ2) is 7.90. The van der Waals surface area contributed by atoms with Gasteiger partial charge in [-0.1, -0.05) is 6.07 Å². The predicted molar refractivity (Wildman–Crippen MR) is 104 cm³/mol. The standard InChI is InChI=1S/C21H23NO7/c1-5-29-15-8-11(6-7-14(15)23)19-18(21(25)26)12-9-16(27-3)17(28-4)10-13(12)20(24)22(19)2/h6-10,18-19,23H,5H2,1-4H3,(H,25,26)/t18-,19+/m0/s1. The number of carbonyl (C=O) groups excluding carboxylic acids is 1. The summed E-state index contributed by atoms with van der Waals surface area (Å²) in [5.74, 6) is -1.62. The molecule has 0 bridgehead atoms. The maximum absolute atomic E-state index is 13.1. The van der Waals surface area contributed by atoms with Gasteiger partial charge < -0.3 is 29.3 Å². The molecule has 3 rings (SSSR count). The van der Waals surface area contributed by atoms with Gasteiger partial charge in [-0.05, 0) is 42.3 Å². The Balaban J connectivity index is 2.21. The molecule has 0 radical (unpaired) electrons. The van der Waals surface area contributed by atoms with E-state index in [-0.39, 0.29) is 23.0 Å². The molecule has 0 saturated carbocycles. The number of nitrogens with zero attached hydrogens (tertiary/aromatic N) is 1. The molecule has 2 N–H and O–H groups in total. The van der Waals surface area contributed by atoms with Gasteiger partial charge in [-0.25, -0.2) is 0 Å². The number of ether oxygens (including phenoxy) is 3. The van der Waals surface area contributed by atoms with Crippen molar-refractivity contribution in [1.29, 1.82) is 0 Å². The number of rotatable bonds is 6. The van der Waals surface area contributed by atoms with Crippen LogP contribution in [-0.2, 0) is 4.79 Å². The van der Waals surface area contributed by atoms with Crippen molar-refractivity contribution < 1.29 is 34.0 Å². The lowest BCUT2D eigenvalue weighted by molar-refractivity contribution is -0.140. The van der Waals surface area contributed by atoms with Crippen LogP contribution < -0.4 is 14.2 Å². The highest BCUT2D eigenvalue weighted by molar-refractivity contribution is 6.01. The summed E-state index contributed by atoms with van der Waals surface area (Å²) in [5.41, 5.74) is 1.13. The van der Waals surface area contributed by atoms with Crippen molar-refractivity contribution in [1.82, 2.24) is 4.90 Å². The first-order chi connectivity index (χ1) is 13.8. The second-order valence-corrected chi connectivity index (χ2v) is 6.63. The summed E-state index contributed by atoms with van der Waals surface area (Å²) in [6, 6.07) is 6.83. The van der Waals surface area contributed by atoms with Crippen molar-refractivity contribution in [2.75, 3.05) is 27.9 Å². The quantitative estimate of drug-likeness (QED) is 0.767. The molecule has 1 aliphatic rings. The lowest BCUT2D eigenvalue weighted by Gasteiger charge is -2.39. The molecule has 2 atom stereocenters. The maximum Gasteiger partial charge on any atom is 0.313 e. The lowest BCUT2D eigenvalue weighted by Crippen LogP contribution is -2.42. The SMILES string of the molecule is CCOc1cc([C@@H]2[C@@H](C(=O)O)c3cc(OC)c(OC)cc3C(=O)N2C)ccc1O. The predicted octanol–water partition coefficient (Wildman–Crippen LogP) is 2.80. The Bertz CT molecular complexity index is 956. The molecule has 0 unspecified atom stereocenters. The number of aliphatic carboxylic acids is 1. The highest BCUT2D eigenvalue weighted by atomic mass is 16.5. The zero-order chi connectivity index (χ0) is 21.3. The minimum atomic E-state index is -1.09. The zero-order valence-corrected chi connectivity index (χ0v) is 16.6. The summed E-state index contributed by atoms with van der Waals surface area (Å²) in [5, 5.41) is 20.0. The Labute approximate surface area is 168 Å². The van der Waals surface area contributed by atoms with Gasteiger partial charge in [-0.15, -0.1) is 0 Å². The van der Waals surface area contributed by atoms with Gasteiger partial charge in [-0.3, -0.25) is 9.59 Å². The van der Waals surface area contributed by atoms with Crippen LogP contribution in [-0.4, -0.2) is 54.9 Å². The number of hydrogen-bond acceptors (Lipinski definition) is 6. The number of aromatic hydroxyl groups is 1. The monoisotopic (exact) mass is 401 g/mol. The minimum absolute atomic E-state index is 0.0564. The molecule has 0 aromatic heterocycles. The molecule has 2 aromatic rings. The molecule has 0 saturated heterocycles. The van der Waals surface area contributed by atoms with E-state index in [1.807, 2.05) is 0 Å². The number of phenols is 1. The molecule has 0 aliphatic carbocycles. The molecule has 0 spiro atoms. The number of likely N-dealkylation sites (N-methyl/N-ethyl adjacent to an activating group) is 1. The Morgan fingerprint density at radius 2 is 1.76 bits per heavy atom. The third kappa shape index (κ3) is 3.41. The molecular weight excluding hydrogens is 378 g/mol. The summed E-state index contributed by atoms with van der Waals surface area (Å²) in [7, 11) is 4.45. The van der Waals surface area contributed by atoms with Crippen LogP contribution in [0.25, 0.3) is 0 Å². The number of phenolic OH excluding ortho intramolecular Hbond substituents is 1. The summed E-state index contributed by atoms with van der Waals surface area (Å²) in [4.78, 5) is 26.7. The number of amides is 1. The van der Waals surface area contributed by atoms with Crippen LogP contribution in [0.1, 0.15) is 40.4 Å². The highest BCUT2D eigenvalue weighted by Gasteiger charge is 2.44. The van der Waals surface area contributed by atoms with Crippen molar-refractivity contribution in [3.8, 4) is 23.0 Å². The molecule has 1 heterocycles. The van der Waals surface area contributed by atoms with Crippen LogP contribution >= 0.6 is 0 Å². The molecule has 0 fully saturated rings. The summed E-state index contributed by atoms with van der Waals surface area (Å²) < 4.78 is 16.0. The van der Waals surface area contributed by atoms with E-state index in [4.69, 9.17) is 14.2 Å². The average molecular weight is 401 g/mol. The Morgan fingerprint density at radius 1 is 1.10 bits per heavy atom. The van der Waals surface area contributed by atoms with Crippen LogP contribution in [0.4, 0.5) is 0 Å². The Hall–Kier alpha value is -3.42. The first kappa shape index (κ1) is 20.3. The van der Waals surface area contributed by atoms with E-state index in [1.54, 1.807) is 26.1 Å². The van der Waals surface area contributed by atoms with Crippen molar-refractivity contribution in [2.45, 2.75) is 18.9 Å². The van der Waals surface area contributed by atoms with E-state index in [1.165, 1.54) is 37.3 Å². The number of hydrogen-bond donors (Lipinski definition) is 2. The third-order valence-corrected chi connectivity index (χ3v) is 5.07. The summed E-state index contributed by atoms with van der Waals surface area (Å²) >= 11 is 0. The maximum atomic E-state index is 13.1. The fraction of sp³-hybridized carbons (Fsp3) is 0.333. The average Bonchev–Trinajstić information content (AvgIpc) is 2.71. The fourth-order valence-corrected chi connectivity index (χ4v) is 3.72. The Morgan fingerprint density at radius 3 is 2.34 bits per heavy atom. The molecule has 1 aliphatic heterocycles. The number of carboxylic acids is 1. The lowest BCUT2D eigenvalue weighted by atomic mass is 9.79. The van der Waals surface area contributed by atoms with Gasteiger partial charge in [0, 0.05) is 12.6 Å². The second-order valence-electron chi connectivity index (χ2n) is 6.63. The van der Waals surface area contributed by atoms with E-state index in [9.17, 15) is 19.8 Å². The van der Waals surface area contributed by atoms with E-state index in [2.05, 4.69) is 0 Å². The van der Waals surface area contributed by atoms with E-state index in [0.717, 1.165) is 0 Å². The van der Waals surface area contributed by atoms with Crippen molar-refractivity contribution in [2.24, 2.45) is 0 Å². The van der Waals surface area contributed by atoms with Crippen molar-refractivity contribution in [3.05, 3.63) is 47.0 Å². The van der Waals surface area contributed by atoms with Gasteiger partial charge in [0.05, 0.1) is 26.9 Å². The summed E-state index contributed by atoms with van der Waals surface area (Å²) in [6.45, 7) is 2.11. The number of benzene rings is 2. The largest absolute Gasteiger partial charge is 0.504 e. The summed E-state index contributed by atoms with van der Waals surface area (Å²) in [6.07, 6.45) is 0. The van der Waals surface area contributed by atoms with Crippen molar-refractivity contribution in [3.63, 3.8) is 0 Å². The van der Waals surface area contributed by atoms with Gasteiger partial charge in [0.1, 0.15) is 5.92 Å². The first-order valence-electron chi connectivity index (χ1n) is 9.05. The van der Waals surface area contributed by atoms with E-state index in [0.29, 0.717) is 29.2 Å². The molecule has 1 amide bonds. The first-order valence-corrected chi connectivity index (χ1v) is 9.05. The molecule has 2 aromatic carbocycles. The Kier molecular flexibility index (Phi) is 5.54. The van der Waals surface area contributed by atoms with Gasteiger partial charge in [0.15, 0.2) is 23.0 Å². The third-order valence-electron chi connectivity index (χ3n) is 5.07. The smallest absolute Gasteiger partial charge is 0.313 e. The van der Waals surface area contributed by atoms with Crippen LogP contribution in [0, 0.1) is 0 Å². The van der Waals surface area contributed by atoms with Crippen LogP contribution in [0.15, 0.2) is 30.3 Å². The van der Waals surface area contributed by atoms with Gasteiger partial charge >= 0.3 is 5.97 Å². The van der Waals surface area contributed by atoms with Crippen molar-refractivity contribution >= 4 is 11.9 Å². The normalized spacial score (nSPS) is 18.2. The number of methoxy groups -OCH3 is 2. The van der Waals surface area contributed by atoms with Gasteiger partial charge in [0.25, 0.3) is 5.91 Å². The number of carbonyl (C=O) groups is 2. The highest BCUT2D eigenvalue weighted by Crippen LogP contribution is 2.46. The van der Waals surface area contributed by atoms with Gasteiger partial charge in [-0.2, -0.15) is 0 Å². The van der Waals surface area contributed by atoms with E-state index < -0.39 is 17.9 Å². The number of fused-ring (bicyclic) bond motifs is 1. The molecule has 154 valence electrons. The molecule has 8 heteroatoms. The zero-order valence-electron chi connectivity index (χ0n) is 16.6. The number of carboxylic acid groups (broad SMARTS) is 1. The van der Waals surface area contributed by atoms with Gasteiger partial charge in [0.2, 0.25) is 0 Å². The van der Waals surface area contributed by atoms with Crippen LogP contribution in [0.2, 0.25) is 0 Å². The molecule has 8 nitrogen and oxygen atoms in total. The fourth-order valence-electron chi connectivity index (χ4n) is 3.72. The van der Waals surface area contributed by atoms with Crippen LogP contribution in [0.5, 0.6) is 23.0 Å². The molecule has 29 heavy (non-hydrogen) atoms.